The van der Waals surface area contributed by atoms with Crippen molar-refractivity contribution in [1.82, 2.24) is 5.32 Å². The first-order valence-electron chi connectivity index (χ1n) is 11.8. The summed E-state index contributed by atoms with van der Waals surface area (Å²) in [6.45, 7) is 22.3. The topological polar surface area (TPSA) is 54.3 Å². The Morgan fingerprint density at radius 2 is 1.76 bits per heavy atom. The van der Waals surface area contributed by atoms with E-state index < -0.39 is 0 Å². The van der Waals surface area contributed by atoms with E-state index in [1.165, 1.54) is 22.9 Å². The maximum absolute atomic E-state index is 8.16. The van der Waals surface area contributed by atoms with Crippen LogP contribution in [0.3, 0.4) is 0 Å². The zero-order chi connectivity index (χ0) is 25.7. The monoisotopic (exact) mass is 462 g/mol. The summed E-state index contributed by atoms with van der Waals surface area (Å²) >= 11 is 0. The molecule has 0 radical (unpaired) electrons. The van der Waals surface area contributed by atoms with Crippen LogP contribution < -0.4 is 5.32 Å². The van der Waals surface area contributed by atoms with Crippen molar-refractivity contribution in [2.45, 2.75) is 61.1 Å². The van der Waals surface area contributed by atoms with Crippen LogP contribution in [-0.2, 0) is 29.0 Å². The number of methoxy groups -OCH3 is 1. The van der Waals surface area contributed by atoms with Gasteiger partial charge in [0.25, 0.3) is 0 Å². The molecule has 0 bridgehead atoms. The van der Waals surface area contributed by atoms with Gasteiger partial charge in [-0.1, -0.05) is 49.9 Å². The Morgan fingerprint density at radius 3 is 2.29 bits per heavy atom. The van der Waals surface area contributed by atoms with Crippen molar-refractivity contribution >= 4 is 6.21 Å². The molecule has 0 amide bonds. The zero-order valence-electron chi connectivity index (χ0n) is 22.1. The second-order valence-electron chi connectivity index (χ2n) is 8.41. The Kier molecular flexibility index (Phi) is 12.7. The molecule has 0 aliphatic heterocycles. The molecule has 0 saturated heterocycles. The van der Waals surface area contributed by atoms with Gasteiger partial charge in [0, 0.05) is 31.1 Å². The summed E-state index contributed by atoms with van der Waals surface area (Å²) in [6, 6.07) is 6.45. The van der Waals surface area contributed by atoms with E-state index in [0.29, 0.717) is 25.5 Å². The van der Waals surface area contributed by atoms with Crippen LogP contribution in [0.15, 0.2) is 88.9 Å². The van der Waals surface area contributed by atoms with E-state index in [-0.39, 0.29) is 0 Å². The van der Waals surface area contributed by atoms with Gasteiger partial charge in [0.1, 0.15) is 5.76 Å². The number of allylic oxidation sites excluding steroid dienone is 8. The lowest BCUT2D eigenvalue weighted by Crippen LogP contribution is -2.16. The van der Waals surface area contributed by atoms with Crippen LogP contribution in [-0.4, -0.2) is 19.9 Å². The van der Waals surface area contributed by atoms with E-state index in [1.807, 2.05) is 19.9 Å². The summed E-state index contributed by atoms with van der Waals surface area (Å²) in [7, 11) is 1.72. The fraction of sp³-hybridized carbons (Fsp3) is 0.367. The number of nitrogens with one attached hydrogen (secondary N) is 2. The van der Waals surface area contributed by atoms with E-state index in [9.17, 15) is 0 Å². The molecule has 0 fully saturated rings. The highest BCUT2D eigenvalue weighted by Gasteiger charge is 2.12. The number of hydrogen-bond donors (Lipinski definition) is 2. The first kappa shape index (κ1) is 28.9. The lowest BCUT2D eigenvalue weighted by atomic mass is 9.94. The Hall–Kier alpha value is -3.11. The van der Waals surface area contributed by atoms with Crippen LogP contribution in [0.4, 0.5) is 0 Å². The van der Waals surface area contributed by atoms with Gasteiger partial charge in [0.05, 0.1) is 13.2 Å². The van der Waals surface area contributed by atoms with Crippen molar-refractivity contribution in [2.75, 3.05) is 13.7 Å². The fourth-order valence-corrected chi connectivity index (χ4v) is 3.58. The predicted molar refractivity (Wildman–Crippen MR) is 146 cm³/mol. The van der Waals surface area contributed by atoms with E-state index >= 15 is 0 Å². The van der Waals surface area contributed by atoms with Crippen LogP contribution >= 0.6 is 0 Å². The Balaban J connectivity index is 3.34. The molecule has 0 aromatic heterocycles. The third-order valence-electron chi connectivity index (χ3n) is 5.52. The highest BCUT2D eigenvalue weighted by molar-refractivity contribution is 5.85. The van der Waals surface area contributed by atoms with Gasteiger partial charge in [0.15, 0.2) is 0 Å². The van der Waals surface area contributed by atoms with E-state index in [2.05, 4.69) is 70.4 Å². The number of hydrogen-bond acceptors (Lipinski definition) is 4. The van der Waals surface area contributed by atoms with E-state index in [0.717, 1.165) is 40.0 Å². The molecule has 1 aromatic carbocycles. The number of aryl methyl sites for hydroxylation is 1. The third-order valence-corrected chi connectivity index (χ3v) is 5.52. The van der Waals surface area contributed by atoms with Crippen molar-refractivity contribution in [3.63, 3.8) is 0 Å². The highest BCUT2D eigenvalue weighted by atomic mass is 16.5. The molecule has 0 unspecified atom stereocenters. The third kappa shape index (κ3) is 8.68. The molecular formula is C30H42N2O2. The second kappa shape index (κ2) is 14.9. The SMILES string of the molecule is C=C\C(=C/C(C)=C(C)/C(C=C(C)C)=C(\C=N)C(=C)NCc1ccc(COC)c(CC)c1)OCC. The fourth-order valence-electron chi connectivity index (χ4n) is 3.58. The van der Waals surface area contributed by atoms with Crippen LogP contribution in [0, 0.1) is 5.41 Å². The normalized spacial score (nSPS) is 12.9. The quantitative estimate of drug-likeness (QED) is 0.173. The van der Waals surface area contributed by atoms with E-state index in [4.69, 9.17) is 14.9 Å². The summed E-state index contributed by atoms with van der Waals surface area (Å²) in [5, 5.41) is 11.6. The molecule has 0 saturated carbocycles. The van der Waals surface area contributed by atoms with Crippen LogP contribution in [0.25, 0.3) is 0 Å². The lowest BCUT2D eigenvalue weighted by Gasteiger charge is -2.17. The van der Waals surface area contributed by atoms with Gasteiger partial charge in [-0.05, 0) is 86.6 Å². The van der Waals surface area contributed by atoms with Crippen molar-refractivity contribution in [2.24, 2.45) is 0 Å². The van der Waals surface area contributed by atoms with Gasteiger partial charge >= 0.3 is 0 Å². The van der Waals surface area contributed by atoms with Crippen molar-refractivity contribution in [3.8, 4) is 0 Å². The predicted octanol–water partition coefficient (Wildman–Crippen LogP) is 7.35. The Morgan fingerprint density at radius 1 is 1.06 bits per heavy atom. The Bertz CT molecular complexity index is 1000. The van der Waals surface area contributed by atoms with Gasteiger partial charge in [-0.2, -0.15) is 0 Å². The van der Waals surface area contributed by atoms with Crippen molar-refractivity contribution in [3.05, 3.63) is 106 Å². The molecule has 0 aliphatic rings. The van der Waals surface area contributed by atoms with Crippen LogP contribution in [0.5, 0.6) is 0 Å². The zero-order valence-corrected chi connectivity index (χ0v) is 22.1. The second-order valence-corrected chi connectivity index (χ2v) is 8.41. The van der Waals surface area contributed by atoms with Gasteiger partial charge < -0.3 is 20.2 Å². The van der Waals surface area contributed by atoms with Gasteiger partial charge in [-0.3, -0.25) is 0 Å². The summed E-state index contributed by atoms with van der Waals surface area (Å²) in [5.74, 6) is 0.730. The smallest absolute Gasteiger partial charge is 0.118 e. The largest absolute Gasteiger partial charge is 0.494 e. The minimum absolute atomic E-state index is 0.583. The maximum Gasteiger partial charge on any atom is 0.118 e. The van der Waals surface area contributed by atoms with Crippen LogP contribution in [0.1, 0.15) is 58.2 Å². The van der Waals surface area contributed by atoms with Crippen LogP contribution in [0.2, 0.25) is 0 Å². The molecule has 184 valence electrons. The molecule has 34 heavy (non-hydrogen) atoms. The van der Waals surface area contributed by atoms with Gasteiger partial charge in [-0.15, -0.1) is 0 Å². The minimum atomic E-state index is 0.583. The first-order valence-corrected chi connectivity index (χ1v) is 11.8. The maximum atomic E-state index is 8.16. The van der Waals surface area contributed by atoms with E-state index in [1.54, 1.807) is 13.2 Å². The van der Waals surface area contributed by atoms with Gasteiger partial charge in [0.2, 0.25) is 0 Å². The number of ether oxygens (including phenoxy) is 2. The minimum Gasteiger partial charge on any atom is -0.494 e. The molecule has 0 atom stereocenters. The van der Waals surface area contributed by atoms with Crippen molar-refractivity contribution < 1.29 is 9.47 Å². The summed E-state index contributed by atoms with van der Waals surface area (Å²) < 4.78 is 10.9. The highest BCUT2D eigenvalue weighted by Crippen LogP contribution is 2.25. The summed E-state index contributed by atoms with van der Waals surface area (Å²) in [6.07, 6.45) is 8.13. The van der Waals surface area contributed by atoms with Crippen molar-refractivity contribution in [1.29, 1.82) is 5.41 Å². The molecule has 2 N–H and O–H groups in total. The standard InChI is InChI=1S/C30H42N2O2/c1-10-26-17-25(13-14-27(26)20-33-9)19-32-24(8)30(18-31)29(15-21(4)5)23(7)22(6)16-28(11-2)34-12-3/h11,13-18,31-32H,2,8,10,12,19-20H2,1,3-7,9H3/b23-22+,28-16+,30-29+,31-18?. The molecule has 0 spiro atoms. The summed E-state index contributed by atoms with van der Waals surface area (Å²) in [5.41, 5.74) is 9.36. The Labute approximate surface area is 207 Å². The number of benzene rings is 1. The average molecular weight is 463 g/mol. The lowest BCUT2D eigenvalue weighted by molar-refractivity contribution is 0.184. The molecular weight excluding hydrogens is 420 g/mol. The molecule has 1 rings (SSSR count). The molecule has 0 heterocycles. The molecule has 1 aromatic rings. The molecule has 0 aliphatic carbocycles. The molecule has 4 heteroatoms. The van der Waals surface area contributed by atoms with Gasteiger partial charge in [-0.25, -0.2) is 0 Å². The first-order chi connectivity index (χ1) is 16.2. The number of rotatable bonds is 14. The average Bonchev–Trinajstić information content (AvgIpc) is 2.82. The summed E-state index contributed by atoms with van der Waals surface area (Å²) in [4.78, 5) is 0. The molecule has 4 nitrogen and oxygen atoms in total.